The van der Waals surface area contributed by atoms with Gasteiger partial charge in [0.25, 0.3) is 17.7 Å². The zero-order valence-electron chi connectivity index (χ0n) is 22.8. The van der Waals surface area contributed by atoms with Gasteiger partial charge in [0.15, 0.2) is 16.6 Å². The number of rotatable bonds is 12. The molecule has 3 heterocycles. The summed E-state index contributed by atoms with van der Waals surface area (Å²) in [6, 6.07) is -2.40. The van der Waals surface area contributed by atoms with E-state index in [1.165, 1.54) is 14.9 Å². The summed E-state index contributed by atoms with van der Waals surface area (Å²) in [6.07, 6.45) is 0.695. The van der Waals surface area contributed by atoms with Crippen molar-refractivity contribution in [2.75, 3.05) is 18.8 Å². The number of anilines is 1. The number of nitrogen functional groups attached to an aromatic ring is 1. The number of amides is 5. The maximum Gasteiger partial charge on any atom is 0.350 e. The highest BCUT2D eigenvalue weighted by Crippen LogP contribution is 2.17. The number of β-lactam (4-membered cyclic amide) rings is 1. The molecule has 1 aliphatic rings. The Morgan fingerprint density at radius 1 is 1.27 bits per heavy atom. The van der Waals surface area contributed by atoms with Crippen molar-refractivity contribution >= 4 is 68.1 Å². The number of aromatic hydroxyl groups is 1. The number of nitrogens with one attached hydrogen (secondary N) is 4. The number of aliphatic carboxylic acids is 2. The molecule has 1 atom stereocenters. The number of hydrogen-bond donors (Lipinski definition) is 8. The number of pyridine rings is 1. The van der Waals surface area contributed by atoms with Crippen LogP contribution in [0, 0.1) is 0 Å². The third kappa shape index (κ3) is 8.27. The third-order valence-corrected chi connectivity index (χ3v) is 7.03. The second-order valence-corrected chi connectivity index (χ2v) is 11.6. The molecule has 9 N–H and O–H groups in total. The number of oxime groups is 1. The number of thiazole rings is 1. The number of hydrazine groups is 1. The average Bonchev–Trinajstić information content (AvgIpc) is 3.35. The van der Waals surface area contributed by atoms with Crippen molar-refractivity contribution in [3.8, 4) is 5.75 Å². The third-order valence-electron chi connectivity index (χ3n) is 5.45. The Kier molecular flexibility index (Phi) is 9.74. The van der Waals surface area contributed by atoms with Crippen LogP contribution in [0.3, 0.4) is 0 Å². The highest BCUT2D eigenvalue weighted by atomic mass is 32.2. The van der Waals surface area contributed by atoms with Crippen LogP contribution in [0.2, 0.25) is 0 Å². The number of carbonyl (C=O) groups excluding carboxylic acids is 4. The zero-order chi connectivity index (χ0) is 33.9. The van der Waals surface area contributed by atoms with Crippen LogP contribution in [0.1, 0.15) is 30.0 Å². The summed E-state index contributed by atoms with van der Waals surface area (Å²) in [7, 11) is -5.09. The van der Waals surface area contributed by atoms with E-state index in [1.54, 1.807) is 0 Å². The number of aromatic nitrogens is 2. The SMILES string of the molecule is CC(C)(O/N=C(\C(=O)NC1CN(C(=O)NS(=O)(=O)NN(CC(=O)O)C(=O)c2cc(=O)c(O)c[nH]2)C1=O)c1csc(N)n1)C(=O)O. The topological polar surface area (TPSA) is 333 Å². The van der Waals surface area contributed by atoms with Gasteiger partial charge in [0.2, 0.25) is 11.0 Å². The monoisotopic (exact) mass is 673 g/mol. The molecular formula is C21H23N9O13S2. The minimum absolute atomic E-state index is 0.00102. The Morgan fingerprint density at radius 2 is 1.93 bits per heavy atom. The lowest BCUT2D eigenvalue weighted by Gasteiger charge is -2.36. The summed E-state index contributed by atoms with van der Waals surface area (Å²) in [6.45, 7) is 0.412. The van der Waals surface area contributed by atoms with Crippen molar-refractivity contribution in [1.29, 1.82) is 0 Å². The Hall–Kier alpha value is -5.62. The molecule has 45 heavy (non-hydrogen) atoms. The van der Waals surface area contributed by atoms with Crippen molar-refractivity contribution in [2.45, 2.75) is 25.5 Å². The van der Waals surface area contributed by atoms with Crippen LogP contribution in [-0.2, 0) is 34.2 Å². The van der Waals surface area contributed by atoms with Crippen molar-refractivity contribution < 1.29 is 57.3 Å². The Bertz CT molecular complexity index is 1770. The number of nitrogens with zero attached hydrogens (tertiary/aromatic N) is 4. The van der Waals surface area contributed by atoms with Gasteiger partial charge >= 0.3 is 28.2 Å². The summed E-state index contributed by atoms with van der Waals surface area (Å²) in [5, 5.41) is 34.6. The maximum atomic E-state index is 12.9. The van der Waals surface area contributed by atoms with Gasteiger partial charge in [0.05, 0.1) is 6.54 Å². The molecule has 0 saturated carbocycles. The van der Waals surface area contributed by atoms with E-state index in [1.807, 2.05) is 0 Å². The number of nitrogens with two attached hydrogens (primary N) is 1. The number of hydrogen-bond acceptors (Lipinski definition) is 15. The highest BCUT2D eigenvalue weighted by Gasteiger charge is 2.44. The molecule has 0 bridgehead atoms. The van der Waals surface area contributed by atoms with Crippen LogP contribution >= 0.6 is 11.3 Å². The van der Waals surface area contributed by atoms with Gasteiger partial charge in [-0.3, -0.25) is 28.9 Å². The lowest BCUT2D eigenvalue weighted by atomic mass is 10.1. The molecule has 1 saturated heterocycles. The minimum atomic E-state index is -5.09. The Balaban J connectivity index is 1.68. The molecule has 2 aromatic rings. The number of H-pyrrole nitrogens is 1. The first-order valence-corrected chi connectivity index (χ1v) is 14.3. The Morgan fingerprint density at radius 3 is 2.47 bits per heavy atom. The van der Waals surface area contributed by atoms with Gasteiger partial charge in [-0.2, -0.15) is 8.42 Å². The first-order valence-electron chi connectivity index (χ1n) is 11.9. The van der Waals surface area contributed by atoms with Gasteiger partial charge in [-0.05, 0) is 13.8 Å². The minimum Gasteiger partial charge on any atom is -0.503 e. The van der Waals surface area contributed by atoms with Gasteiger partial charge in [-0.15, -0.1) is 16.2 Å². The summed E-state index contributed by atoms with van der Waals surface area (Å²) < 4.78 is 26.4. The van der Waals surface area contributed by atoms with E-state index < -0.39 is 93.2 Å². The van der Waals surface area contributed by atoms with Crippen molar-refractivity contribution in [1.82, 2.24) is 34.7 Å². The van der Waals surface area contributed by atoms with E-state index in [2.05, 4.69) is 20.4 Å². The molecule has 2 aromatic heterocycles. The molecule has 1 unspecified atom stereocenters. The fraction of sp³-hybridized carbons (Fsp3) is 0.286. The Labute approximate surface area is 254 Å². The molecule has 1 fully saturated rings. The number of likely N-dealkylation sites (tertiary alicyclic amines) is 1. The first-order chi connectivity index (χ1) is 20.8. The van der Waals surface area contributed by atoms with E-state index >= 15 is 0 Å². The van der Waals surface area contributed by atoms with Gasteiger partial charge in [-0.1, -0.05) is 5.16 Å². The fourth-order valence-corrected chi connectivity index (χ4v) is 4.47. The number of carboxylic acids is 2. The number of urea groups is 1. The van der Waals surface area contributed by atoms with Crippen LogP contribution in [0.15, 0.2) is 27.6 Å². The van der Waals surface area contributed by atoms with Crippen LogP contribution in [0.5, 0.6) is 5.75 Å². The zero-order valence-corrected chi connectivity index (χ0v) is 24.5. The first kappa shape index (κ1) is 33.9. The maximum absolute atomic E-state index is 12.9. The smallest absolute Gasteiger partial charge is 0.350 e. The van der Waals surface area contributed by atoms with E-state index in [0.29, 0.717) is 17.2 Å². The molecule has 22 nitrogen and oxygen atoms in total. The van der Waals surface area contributed by atoms with Crippen LogP contribution in [-0.4, -0.2) is 110 Å². The van der Waals surface area contributed by atoms with Gasteiger partial charge in [-0.25, -0.2) is 24.3 Å². The summed E-state index contributed by atoms with van der Waals surface area (Å²) in [5.74, 6) is -7.52. The lowest BCUT2D eigenvalue weighted by molar-refractivity contribution is -0.161. The molecule has 0 radical (unpaired) electrons. The normalized spacial score (nSPS) is 15.1. The number of carbonyl (C=O) groups is 6. The molecule has 0 aromatic carbocycles. The molecule has 3 rings (SSSR count). The average molecular weight is 674 g/mol. The number of aromatic amines is 1. The van der Waals surface area contributed by atoms with Crippen LogP contribution in [0.25, 0.3) is 0 Å². The largest absolute Gasteiger partial charge is 0.503 e. The fourth-order valence-electron chi connectivity index (χ4n) is 3.09. The van der Waals surface area contributed by atoms with Gasteiger partial charge < -0.3 is 36.2 Å². The predicted octanol–water partition coefficient (Wildman–Crippen LogP) is -3.28. The highest BCUT2D eigenvalue weighted by molar-refractivity contribution is 7.88. The van der Waals surface area contributed by atoms with E-state index in [4.69, 9.17) is 15.7 Å². The number of imide groups is 1. The van der Waals surface area contributed by atoms with Gasteiger partial charge in [0.1, 0.15) is 24.0 Å². The van der Waals surface area contributed by atoms with Crippen molar-refractivity contribution in [3.63, 3.8) is 0 Å². The van der Waals surface area contributed by atoms with E-state index in [9.17, 15) is 52.2 Å². The molecule has 242 valence electrons. The summed E-state index contributed by atoms with van der Waals surface area (Å²) in [5.41, 5.74) is 1.31. The predicted molar refractivity (Wildman–Crippen MR) is 147 cm³/mol. The molecular weight excluding hydrogens is 650 g/mol. The molecule has 5 amide bonds. The second kappa shape index (κ2) is 12.9. The lowest BCUT2D eigenvalue weighted by Crippen LogP contribution is -2.68. The van der Waals surface area contributed by atoms with Gasteiger partial charge in [0, 0.05) is 17.6 Å². The quantitative estimate of drug-likeness (QED) is 0.0622. The van der Waals surface area contributed by atoms with Crippen LogP contribution < -0.4 is 26.0 Å². The number of carboxylic acid groups (broad SMARTS) is 2. The summed E-state index contributed by atoms with van der Waals surface area (Å²) >= 11 is 0.908. The summed E-state index contributed by atoms with van der Waals surface area (Å²) in [4.78, 5) is 97.5. The molecule has 1 aliphatic heterocycles. The molecule has 24 heteroatoms. The van der Waals surface area contributed by atoms with Crippen LogP contribution in [0.4, 0.5) is 9.93 Å². The van der Waals surface area contributed by atoms with E-state index in [-0.39, 0.29) is 15.8 Å². The van der Waals surface area contributed by atoms with Crippen molar-refractivity contribution in [3.05, 3.63) is 39.3 Å². The standard InChI is InChI=1S/C21H23N9O13S2/c1-21(2,18(38)39)43-26-14(10-7-44-19(22)25-10)15(35)24-9-5-29(16(9)36)20(40)27-45(41,42)28-30(6-13(33)34)17(37)8-3-11(31)12(32)4-23-8/h3-4,7,9,28,32H,5-6H2,1-2H3,(H2,22,25)(H,23,31)(H,24,35)(H,27,40)(H,33,34)(H,38,39)/b26-14-. The molecule has 0 aliphatic carbocycles. The van der Waals surface area contributed by atoms with E-state index in [0.717, 1.165) is 25.2 Å². The van der Waals surface area contributed by atoms with Crippen molar-refractivity contribution in [2.24, 2.45) is 5.16 Å². The second-order valence-electron chi connectivity index (χ2n) is 9.28. The molecule has 0 spiro atoms.